The summed E-state index contributed by atoms with van der Waals surface area (Å²) in [6.45, 7) is 4.28. The Morgan fingerprint density at radius 2 is 2.00 bits per heavy atom. The zero-order chi connectivity index (χ0) is 10.5. The van der Waals surface area contributed by atoms with Crippen LogP contribution in [0.3, 0.4) is 0 Å². The van der Waals surface area contributed by atoms with E-state index in [1.54, 1.807) is 0 Å². The highest BCUT2D eigenvalue weighted by Gasteiger charge is 2.56. The predicted octanol–water partition coefficient (Wildman–Crippen LogP) is 3.04. The fourth-order valence-electron chi connectivity index (χ4n) is 2.02. The van der Waals surface area contributed by atoms with Gasteiger partial charge in [0, 0.05) is 12.0 Å². The second kappa shape index (κ2) is 3.04. The summed E-state index contributed by atoms with van der Waals surface area (Å²) in [6.07, 6.45) is 0. The Labute approximate surface area is 91.6 Å². The Hall–Kier alpha value is -0.410. The Morgan fingerprint density at radius 1 is 1.43 bits per heavy atom. The average Bonchev–Trinajstić information content (AvgIpc) is 2.58. The van der Waals surface area contributed by atoms with E-state index in [9.17, 15) is 4.39 Å². The normalized spacial score (nSPS) is 28.9. The van der Waals surface area contributed by atoms with Crippen LogP contribution in [0.15, 0.2) is 22.7 Å². The predicted molar refractivity (Wildman–Crippen MR) is 58.6 cm³/mol. The van der Waals surface area contributed by atoms with Gasteiger partial charge < -0.3 is 5.73 Å². The quantitative estimate of drug-likeness (QED) is 0.823. The summed E-state index contributed by atoms with van der Waals surface area (Å²) in [7, 11) is 0. The lowest BCUT2D eigenvalue weighted by Gasteiger charge is -2.03. The highest BCUT2D eigenvalue weighted by molar-refractivity contribution is 9.10. The maximum absolute atomic E-state index is 13.0. The van der Waals surface area contributed by atoms with Crippen molar-refractivity contribution in [3.05, 3.63) is 34.1 Å². The Morgan fingerprint density at radius 3 is 2.43 bits per heavy atom. The van der Waals surface area contributed by atoms with Crippen molar-refractivity contribution >= 4 is 15.9 Å². The van der Waals surface area contributed by atoms with Gasteiger partial charge in [0.05, 0.1) is 4.47 Å². The summed E-state index contributed by atoms with van der Waals surface area (Å²) < 4.78 is 13.5. The first-order valence-corrected chi connectivity index (χ1v) is 5.44. The van der Waals surface area contributed by atoms with Crippen LogP contribution in [-0.2, 0) is 0 Å². The molecule has 76 valence electrons. The van der Waals surface area contributed by atoms with E-state index in [0.717, 1.165) is 5.56 Å². The summed E-state index contributed by atoms with van der Waals surface area (Å²) in [4.78, 5) is 0. The third kappa shape index (κ3) is 1.39. The lowest BCUT2D eigenvalue weighted by molar-refractivity contribution is 0.596. The van der Waals surface area contributed by atoms with E-state index in [-0.39, 0.29) is 17.3 Å². The number of benzene rings is 1. The SMILES string of the molecule is CC1(C)[C@H](N)[C@H]1c1ccc(F)c(Br)c1. The molecule has 0 saturated heterocycles. The molecule has 0 spiro atoms. The van der Waals surface area contributed by atoms with E-state index in [4.69, 9.17) is 5.73 Å². The number of hydrogen-bond donors (Lipinski definition) is 1. The third-order valence-corrected chi connectivity index (χ3v) is 3.82. The molecule has 3 heteroatoms. The molecule has 0 aromatic heterocycles. The molecule has 1 aromatic carbocycles. The molecule has 1 aliphatic carbocycles. The van der Waals surface area contributed by atoms with Gasteiger partial charge in [-0.25, -0.2) is 4.39 Å². The van der Waals surface area contributed by atoms with E-state index in [1.165, 1.54) is 6.07 Å². The van der Waals surface area contributed by atoms with Crippen molar-refractivity contribution in [1.29, 1.82) is 0 Å². The number of rotatable bonds is 1. The van der Waals surface area contributed by atoms with Gasteiger partial charge in [0.25, 0.3) is 0 Å². The standard InChI is InChI=1S/C11H13BrFN/c1-11(2)9(10(11)14)6-3-4-8(13)7(12)5-6/h3-5,9-10H,14H2,1-2H3/t9-,10-/m1/s1. The van der Waals surface area contributed by atoms with Crippen molar-refractivity contribution in [2.75, 3.05) is 0 Å². The van der Waals surface area contributed by atoms with Gasteiger partial charge in [0.2, 0.25) is 0 Å². The number of nitrogens with two attached hydrogens (primary N) is 1. The lowest BCUT2D eigenvalue weighted by atomic mass is 10.0. The summed E-state index contributed by atoms with van der Waals surface area (Å²) >= 11 is 3.18. The van der Waals surface area contributed by atoms with E-state index >= 15 is 0 Å². The molecule has 1 saturated carbocycles. The van der Waals surface area contributed by atoms with Crippen LogP contribution in [0.4, 0.5) is 4.39 Å². The maximum atomic E-state index is 13.0. The minimum Gasteiger partial charge on any atom is -0.327 e. The lowest BCUT2D eigenvalue weighted by Crippen LogP contribution is -2.06. The molecule has 2 atom stereocenters. The van der Waals surface area contributed by atoms with Gasteiger partial charge in [-0.1, -0.05) is 19.9 Å². The molecule has 0 radical (unpaired) electrons. The molecule has 0 heterocycles. The van der Waals surface area contributed by atoms with E-state index < -0.39 is 0 Å². The number of hydrogen-bond acceptors (Lipinski definition) is 1. The van der Waals surface area contributed by atoms with Crippen molar-refractivity contribution in [3.8, 4) is 0 Å². The highest BCUT2D eigenvalue weighted by Crippen LogP contribution is 2.57. The first kappa shape index (κ1) is 10.1. The Kier molecular flexibility index (Phi) is 2.20. The van der Waals surface area contributed by atoms with Gasteiger partial charge in [-0.3, -0.25) is 0 Å². The Balaban J connectivity index is 2.32. The molecular weight excluding hydrogens is 245 g/mol. The van der Waals surface area contributed by atoms with Gasteiger partial charge in [-0.15, -0.1) is 0 Å². The van der Waals surface area contributed by atoms with Crippen LogP contribution >= 0.6 is 15.9 Å². The molecule has 1 aliphatic rings. The zero-order valence-corrected chi connectivity index (χ0v) is 9.81. The third-order valence-electron chi connectivity index (χ3n) is 3.21. The molecule has 2 rings (SSSR count). The summed E-state index contributed by atoms with van der Waals surface area (Å²) in [5.74, 6) is 0.139. The molecule has 0 amide bonds. The van der Waals surface area contributed by atoms with Gasteiger partial charge in [-0.05, 0) is 39.0 Å². The molecule has 1 aromatic rings. The molecule has 1 fully saturated rings. The van der Waals surface area contributed by atoms with Crippen molar-refractivity contribution < 1.29 is 4.39 Å². The van der Waals surface area contributed by atoms with Crippen LogP contribution < -0.4 is 5.73 Å². The maximum Gasteiger partial charge on any atom is 0.137 e. The van der Waals surface area contributed by atoms with Crippen molar-refractivity contribution in [1.82, 2.24) is 0 Å². The average molecular weight is 258 g/mol. The van der Waals surface area contributed by atoms with Gasteiger partial charge in [-0.2, -0.15) is 0 Å². The molecule has 0 aliphatic heterocycles. The summed E-state index contributed by atoms with van der Waals surface area (Å²) in [6, 6.07) is 5.33. The van der Waals surface area contributed by atoms with E-state index in [2.05, 4.69) is 29.8 Å². The summed E-state index contributed by atoms with van der Waals surface area (Å²) in [5.41, 5.74) is 7.23. The highest BCUT2D eigenvalue weighted by atomic mass is 79.9. The Bertz CT molecular complexity index is 376. The van der Waals surface area contributed by atoms with Crippen LogP contribution in [0.1, 0.15) is 25.3 Å². The van der Waals surface area contributed by atoms with Crippen molar-refractivity contribution in [2.45, 2.75) is 25.8 Å². The van der Waals surface area contributed by atoms with Gasteiger partial charge in [0.1, 0.15) is 5.82 Å². The number of halogens is 2. The summed E-state index contributed by atoms with van der Waals surface area (Å²) in [5, 5.41) is 0. The largest absolute Gasteiger partial charge is 0.327 e. The molecule has 0 unspecified atom stereocenters. The second-order valence-electron chi connectivity index (χ2n) is 4.50. The first-order valence-electron chi connectivity index (χ1n) is 4.65. The van der Waals surface area contributed by atoms with Gasteiger partial charge >= 0.3 is 0 Å². The fourth-order valence-corrected chi connectivity index (χ4v) is 2.42. The van der Waals surface area contributed by atoms with Gasteiger partial charge in [0.15, 0.2) is 0 Å². The minimum atomic E-state index is -0.222. The van der Waals surface area contributed by atoms with Crippen LogP contribution in [0, 0.1) is 11.2 Å². The fraction of sp³-hybridized carbons (Fsp3) is 0.455. The van der Waals surface area contributed by atoms with E-state index in [0.29, 0.717) is 10.4 Å². The van der Waals surface area contributed by atoms with Crippen LogP contribution in [0.2, 0.25) is 0 Å². The van der Waals surface area contributed by atoms with Crippen LogP contribution in [0.25, 0.3) is 0 Å². The first-order chi connectivity index (χ1) is 6.44. The second-order valence-corrected chi connectivity index (χ2v) is 5.35. The zero-order valence-electron chi connectivity index (χ0n) is 8.22. The monoisotopic (exact) mass is 257 g/mol. The smallest absolute Gasteiger partial charge is 0.137 e. The molecule has 1 nitrogen and oxygen atoms in total. The minimum absolute atomic E-state index is 0.150. The van der Waals surface area contributed by atoms with Crippen LogP contribution in [-0.4, -0.2) is 6.04 Å². The topological polar surface area (TPSA) is 26.0 Å². The van der Waals surface area contributed by atoms with Crippen molar-refractivity contribution in [3.63, 3.8) is 0 Å². The molecule has 0 bridgehead atoms. The van der Waals surface area contributed by atoms with Crippen LogP contribution in [0.5, 0.6) is 0 Å². The van der Waals surface area contributed by atoms with Crippen molar-refractivity contribution in [2.24, 2.45) is 11.1 Å². The van der Waals surface area contributed by atoms with E-state index in [1.807, 2.05) is 12.1 Å². The molecule has 14 heavy (non-hydrogen) atoms. The molecular formula is C11H13BrFN. The molecule has 2 N–H and O–H groups in total.